The molecule has 0 bridgehead atoms. The summed E-state index contributed by atoms with van der Waals surface area (Å²) in [4.78, 5) is 13.8. The summed E-state index contributed by atoms with van der Waals surface area (Å²) < 4.78 is 5.69. The molecular weight excluding hydrogens is 204 g/mol. The highest BCUT2D eigenvalue weighted by Crippen LogP contribution is 2.14. The predicted molar refractivity (Wildman–Crippen MR) is 64.1 cm³/mol. The molecule has 1 aliphatic heterocycles. The largest absolute Gasteiger partial charge is 0.376 e. The summed E-state index contributed by atoms with van der Waals surface area (Å²) in [5, 5.41) is 0. The summed E-state index contributed by atoms with van der Waals surface area (Å²) in [6, 6.07) is -0.343. The lowest BCUT2D eigenvalue weighted by molar-refractivity contribution is -0.136. The molecule has 1 aliphatic rings. The fourth-order valence-corrected chi connectivity index (χ4v) is 1.97. The third-order valence-corrected chi connectivity index (χ3v) is 3.00. The lowest BCUT2D eigenvalue weighted by atomic mass is 10.1. The Labute approximate surface area is 98.1 Å². The summed E-state index contributed by atoms with van der Waals surface area (Å²) in [6.45, 7) is 6.37. The van der Waals surface area contributed by atoms with E-state index in [1.165, 1.54) is 0 Å². The number of hydrogen-bond acceptors (Lipinski definition) is 3. The molecule has 0 saturated carbocycles. The van der Waals surface area contributed by atoms with E-state index in [9.17, 15) is 4.79 Å². The molecule has 1 amide bonds. The highest BCUT2D eigenvalue weighted by Gasteiger charge is 2.26. The lowest BCUT2D eigenvalue weighted by Crippen LogP contribution is -2.49. The quantitative estimate of drug-likeness (QED) is 0.767. The van der Waals surface area contributed by atoms with E-state index in [0.717, 1.165) is 32.4 Å². The van der Waals surface area contributed by atoms with Crippen molar-refractivity contribution in [3.8, 4) is 0 Å². The van der Waals surface area contributed by atoms with Gasteiger partial charge in [0.05, 0.1) is 12.1 Å². The monoisotopic (exact) mass is 228 g/mol. The topological polar surface area (TPSA) is 55.6 Å². The number of likely N-dealkylation sites (tertiary alicyclic amines) is 1. The number of rotatable bonds is 5. The molecule has 1 fully saturated rings. The van der Waals surface area contributed by atoms with E-state index in [1.807, 2.05) is 11.8 Å². The zero-order valence-corrected chi connectivity index (χ0v) is 10.4. The summed E-state index contributed by atoms with van der Waals surface area (Å²) >= 11 is 0. The van der Waals surface area contributed by atoms with Gasteiger partial charge in [-0.15, -0.1) is 0 Å². The molecule has 0 aromatic carbocycles. The zero-order chi connectivity index (χ0) is 12.0. The van der Waals surface area contributed by atoms with Crippen LogP contribution in [-0.4, -0.2) is 42.6 Å². The molecular formula is C12H24N2O2. The predicted octanol–water partition coefficient (Wildman–Crippen LogP) is 1.14. The molecule has 0 aromatic rings. The number of hydrogen-bond donors (Lipinski definition) is 1. The van der Waals surface area contributed by atoms with Crippen molar-refractivity contribution >= 4 is 5.91 Å². The Kier molecular flexibility index (Phi) is 5.77. The number of nitrogens with two attached hydrogens (primary N) is 1. The van der Waals surface area contributed by atoms with Crippen LogP contribution in [0.1, 0.15) is 39.5 Å². The number of carbonyl (C=O) groups is 1. The Morgan fingerprint density at radius 3 is 2.94 bits per heavy atom. The molecule has 0 spiro atoms. The number of piperidine rings is 1. The van der Waals surface area contributed by atoms with E-state index >= 15 is 0 Å². The van der Waals surface area contributed by atoms with Crippen LogP contribution in [0.4, 0.5) is 0 Å². The molecule has 4 nitrogen and oxygen atoms in total. The van der Waals surface area contributed by atoms with Crippen LogP contribution in [0.3, 0.4) is 0 Å². The van der Waals surface area contributed by atoms with Crippen LogP contribution in [0.15, 0.2) is 0 Å². The minimum Gasteiger partial charge on any atom is -0.376 e. The van der Waals surface area contributed by atoms with Gasteiger partial charge in [-0.2, -0.15) is 0 Å². The zero-order valence-electron chi connectivity index (χ0n) is 10.4. The van der Waals surface area contributed by atoms with Gasteiger partial charge in [0, 0.05) is 19.7 Å². The smallest absolute Gasteiger partial charge is 0.239 e. The van der Waals surface area contributed by atoms with Crippen molar-refractivity contribution in [3.05, 3.63) is 0 Å². The Bertz CT molecular complexity index is 221. The molecule has 4 heteroatoms. The van der Waals surface area contributed by atoms with Gasteiger partial charge < -0.3 is 15.4 Å². The van der Waals surface area contributed by atoms with Crippen LogP contribution in [-0.2, 0) is 9.53 Å². The number of ether oxygens (including phenoxy) is 1. The summed E-state index contributed by atoms with van der Waals surface area (Å²) in [7, 11) is 0. The second-order valence-electron chi connectivity index (χ2n) is 4.43. The second-order valence-corrected chi connectivity index (χ2v) is 4.43. The standard InChI is InChI=1S/C12H24N2O2/c1-3-8-16-10-6-5-7-14(9-10)12(15)11(13)4-2/h10-11H,3-9,13H2,1-2H3/t10?,11-/m1/s1. The van der Waals surface area contributed by atoms with E-state index in [4.69, 9.17) is 10.5 Å². The summed E-state index contributed by atoms with van der Waals surface area (Å²) in [6.07, 6.45) is 4.03. The molecule has 1 rings (SSSR count). The van der Waals surface area contributed by atoms with E-state index in [2.05, 4.69) is 6.92 Å². The normalized spacial score (nSPS) is 23.2. The molecule has 2 atom stereocenters. The number of amides is 1. The van der Waals surface area contributed by atoms with E-state index < -0.39 is 0 Å². The van der Waals surface area contributed by atoms with E-state index in [-0.39, 0.29) is 18.1 Å². The third kappa shape index (κ3) is 3.76. The molecule has 2 N–H and O–H groups in total. The third-order valence-electron chi connectivity index (χ3n) is 3.00. The van der Waals surface area contributed by atoms with Gasteiger partial charge in [-0.1, -0.05) is 13.8 Å². The van der Waals surface area contributed by atoms with Gasteiger partial charge in [-0.25, -0.2) is 0 Å². The lowest BCUT2D eigenvalue weighted by Gasteiger charge is -2.34. The van der Waals surface area contributed by atoms with Crippen molar-refractivity contribution in [2.45, 2.75) is 51.7 Å². The van der Waals surface area contributed by atoms with Crippen LogP contribution < -0.4 is 5.73 Å². The molecule has 0 aliphatic carbocycles. The van der Waals surface area contributed by atoms with Gasteiger partial charge in [0.1, 0.15) is 0 Å². The number of carbonyl (C=O) groups excluding carboxylic acids is 1. The van der Waals surface area contributed by atoms with Gasteiger partial charge >= 0.3 is 0 Å². The van der Waals surface area contributed by atoms with Gasteiger partial charge in [0.15, 0.2) is 0 Å². The van der Waals surface area contributed by atoms with Gasteiger partial charge in [0.2, 0.25) is 5.91 Å². The molecule has 94 valence electrons. The van der Waals surface area contributed by atoms with Crippen molar-refractivity contribution in [1.82, 2.24) is 4.90 Å². The average molecular weight is 228 g/mol. The maximum absolute atomic E-state index is 11.9. The molecule has 0 aromatic heterocycles. The van der Waals surface area contributed by atoms with Crippen molar-refractivity contribution in [1.29, 1.82) is 0 Å². The maximum atomic E-state index is 11.9. The summed E-state index contributed by atoms with van der Waals surface area (Å²) in [5.41, 5.74) is 5.76. The Hall–Kier alpha value is -0.610. The van der Waals surface area contributed by atoms with Crippen molar-refractivity contribution in [2.75, 3.05) is 19.7 Å². The van der Waals surface area contributed by atoms with Crippen LogP contribution >= 0.6 is 0 Å². The Morgan fingerprint density at radius 2 is 2.31 bits per heavy atom. The van der Waals surface area contributed by atoms with Crippen molar-refractivity contribution < 1.29 is 9.53 Å². The minimum absolute atomic E-state index is 0.0762. The molecule has 1 unspecified atom stereocenters. The van der Waals surface area contributed by atoms with Gasteiger partial charge in [0.25, 0.3) is 0 Å². The molecule has 0 radical (unpaired) electrons. The average Bonchev–Trinajstić information content (AvgIpc) is 2.34. The molecule has 16 heavy (non-hydrogen) atoms. The Balaban J connectivity index is 2.40. The second kappa shape index (κ2) is 6.86. The molecule has 1 heterocycles. The van der Waals surface area contributed by atoms with Crippen LogP contribution in [0.5, 0.6) is 0 Å². The van der Waals surface area contributed by atoms with Crippen LogP contribution in [0, 0.1) is 0 Å². The van der Waals surface area contributed by atoms with Crippen LogP contribution in [0.2, 0.25) is 0 Å². The van der Waals surface area contributed by atoms with E-state index in [1.54, 1.807) is 0 Å². The fraction of sp³-hybridized carbons (Fsp3) is 0.917. The van der Waals surface area contributed by atoms with Crippen molar-refractivity contribution in [3.63, 3.8) is 0 Å². The highest BCUT2D eigenvalue weighted by molar-refractivity contribution is 5.81. The molecule has 1 saturated heterocycles. The first-order valence-electron chi connectivity index (χ1n) is 6.35. The maximum Gasteiger partial charge on any atom is 0.239 e. The fourth-order valence-electron chi connectivity index (χ4n) is 1.97. The van der Waals surface area contributed by atoms with Crippen LogP contribution in [0.25, 0.3) is 0 Å². The first-order chi connectivity index (χ1) is 7.69. The minimum atomic E-state index is -0.343. The Morgan fingerprint density at radius 1 is 1.56 bits per heavy atom. The number of nitrogens with zero attached hydrogens (tertiary/aromatic N) is 1. The first kappa shape index (κ1) is 13.5. The highest BCUT2D eigenvalue weighted by atomic mass is 16.5. The van der Waals surface area contributed by atoms with Gasteiger partial charge in [-0.3, -0.25) is 4.79 Å². The van der Waals surface area contributed by atoms with Gasteiger partial charge in [-0.05, 0) is 25.7 Å². The van der Waals surface area contributed by atoms with E-state index in [0.29, 0.717) is 13.0 Å². The first-order valence-corrected chi connectivity index (χ1v) is 6.35. The van der Waals surface area contributed by atoms with Crippen molar-refractivity contribution in [2.24, 2.45) is 5.73 Å². The summed E-state index contributed by atoms with van der Waals surface area (Å²) in [5.74, 6) is 0.0762. The SMILES string of the molecule is CCCOC1CCCN(C(=O)[C@H](N)CC)C1.